The topological polar surface area (TPSA) is 32.3 Å². The summed E-state index contributed by atoms with van der Waals surface area (Å²) in [6.45, 7) is -10.1. The molecule has 0 fully saturated rings. The third-order valence-electron chi connectivity index (χ3n) is 1.83. The van der Waals surface area contributed by atoms with Gasteiger partial charge in [-0.15, -0.1) is 0 Å². The molecule has 0 spiro atoms. The molecule has 2 nitrogen and oxygen atoms in total. The summed E-state index contributed by atoms with van der Waals surface area (Å²) < 4.78 is 84.6. The Morgan fingerprint density at radius 1 is 1.50 bits per heavy atom. The highest BCUT2D eigenvalue weighted by Crippen LogP contribution is 2.21. The Morgan fingerprint density at radius 3 is 2.75 bits per heavy atom. The molecule has 1 aromatic carbocycles. The van der Waals surface area contributed by atoms with Gasteiger partial charge in [0.1, 0.15) is 0 Å². The molecule has 0 heterocycles. The van der Waals surface area contributed by atoms with Crippen LogP contribution in [0.5, 0.6) is 0 Å². The van der Waals surface area contributed by atoms with E-state index in [2.05, 4.69) is 0 Å². The summed E-state index contributed by atoms with van der Waals surface area (Å²) in [6.07, 6.45) is -2.94. The van der Waals surface area contributed by atoms with Crippen LogP contribution in [0.15, 0.2) is 24.3 Å². The monoisotopic (exact) mass is 252 g/mol. The normalized spacial score (nSPS) is 32.3. The van der Waals surface area contributed by atoms with Crippen LogP contribution in [0.2, 0.25) is 5.02 Å². The molecule has 0 saturated heterocycles. The van der Waals surface area contributed by atoms with Crippen LogP contribution >= 0.6 is 11.6 Å². The lowest BCUT2D eigenvalue weighted by Gasteiger charge is -2.29. The second-order valence-corrected chi connectivity index (χ2v) is 3.80. The predicted molar refractivity (Wildman–Crippen MR) is 68.8 cm³/mol. The number of benzene rings is 1. The van der Waals surface area contributed by atoms with Gasteiger partial charge >= 0.3 is 0 Å². The van der Waals surface area contributed by atoms with E-state index in [0.717, 1.165) is 13.0 Å². The van der Waals surface area contributed by atoms with Gasteiger partial charge in [0, 0.05) is 30.3 Å². The van der Waals surface area contributed by atoms with Gasteiger partial charge in [0.2, 0.25) is 0 Å². The molecule has 3 heteroatoms. The maximum absolute atomic E-state index is 10.6. The fraction of sp³-hybridized carbons (Fsp3) is 0.538. The van der Waals surface area contributed by atoms with Crippen molar-refractivity contribution in [1.82, 2.24) is 5.32 Å². The van der Waals surface area contributed by atoms with E-state index in [-0.39, 0.29) is 10.6 Å². The molecule has 90 valence electrons. The third-order valence-corrected chi connectivity index (χ3v) is 2.06. The Balaban J connectivity index is 3.64. The Kier molecular flexibility index (Phi) is 1.49. The van der Waals surface area contributed by atoms with Gasteiger partial charge in [0.15, 0.2) is 0 Å². The van der Waals surface area contributed by atoms with Gasteiger partial charge in [0.25, 0.3) is 0 Å². The maximum atomic E-state index is 10.6. The number of halogens is 1. The minimum Gasteiger partial charge on any atom is -0.387 e. The Labute approximate surface area is 118 Å². The molecule has 0 aliphatic carbocycles. The van der Waals surface area contributed by atoms with Gasteiger partial charge in [-0.1, -0.05) is 23.7 Å². The zero-order chi connectivity index (χ0) is 21.7. The molecular formula is C13H20ClNO. The zero-order valence-corrected chi connectivity index (χ0v) is 9.39. The number of rotatable bonds is 3. The maximum Gasteiger partial charge on any atom is 0.0940 e. The van der Waals surface area contributed by atoms with Crippen LogP contribution in [0.1, 0.15) is 54.2 Å². The van der Waals surface area contributed by atoms with Crippen molar-refractivity contribution in [2.24, 2.45) is 0 Å². The van der Waals surface area contributed by atoms with Crippen LogP contribution in [-0.2, 0) is 0 Å². The molecule has 2 N–H and O–H groups in total. The second-order valence-electron chi connectivity index (χ2n) is 3.36. The average molecular weight is 253 g/mol. The van der Waals surface area contributed by atoms with Gasteiger partial charge in [0.05, 0.1) is 7.45 Å². The van der Waals surface area contributed by atoms with Crippen LogP contribution in [0.4, 0.5) is 0 Å². The van der Waals surface area contributed by atoms with Crippen molar-refractivity contribution in [2.45, 2.75) is 45.1 Å². The second kappa shape index (κ2) is 5.17. The summed E-state index contributed by atoms with van der Waals surface area (Å²) in [7, 11) is 0. The van der Waals surface area contributed by atoms with Crippen molar-refractivity contribution in [3.63, 3.8) is 0 Å². The number of hydrogen-bond acceptors (Lipinski definition) is 2. The fourth-order valence-electron chi connectivity index (χ4n) is 1.19. The summed E-state index contributed by atoms with van der Waals surface area (Å²) in [5.41, 5.74) is -3.83. The smallest absolute Gasteiger partial charge is 0.0940 e. The van der Waals surface area contributed by atoms with Crippen LogP contribution in [0.25, 0.3) is 0 Å². The minimum atomic E-state index is -3.63. The molecule has 16 heavy (non-hydrogen) atoms. The van der Waals surface area contributed by atoms with Crippen molar-refractivity contribution >= 4 is 11.6 Å². The summed E-state index contributed by atoms with van der Waals surface area (Å²) >= 11 is 5.81. The first-order valence-electron chi connectivity index (χ1n) is 9.98. The van der Waals surface area contributed by atoms with E-state index in [0.29, 0.717) is 0 Å². The first-order valence-corrected chi connectivity index (χ1v) is 4.86. The molecule has 1 aromatic rings. The van der Waals surface area contributed by atoms with E-state index >= 15 is 0 Å². The summed E-state index contributed by atoms with van der Waals surface area (Å²) in [5, 5.41) is 12.5. The highest BCUT2D eigenvalue weighted by Gasteiger charge is 2.21. The van der Waals surface area contributed by atoms with E-state index in [1.54, 1.807) is 5.32 Å². The highest BCUT2D eigenvalue weighted by molar-refractivity contribution is 6.30. The molecule has 0 aromatic heterocycles. The van der Waals surface area contributed by atoms with Crippen molar-refractivity contribution in [1.29, 1.82) is 0 Å². The minimum absolute atomic E-state index is 0.0997. The third kappa shape index (κ3) is 4.12. The zero-order valence-electron chi connectivity index (χ0n) is 19.6. The molecule has 0 radical (unpaired) electrons. The van der Waals surface area contributed by atoms with Gasteiger partial charge in [-0.3, -0.25) is 0 Å². The SMILES string of the molecule is [2H]C([2H])([2H])C(NC([2H])(C)C([2H])(O)c1cccc(Cl)c1)(C([2H])([2H])[2H])C([2H])([2H])[2H]. The van der Waals surface area contributed by atoms with Crippen molar-refractivity contribution in [3.05, 3.63) is 34.9 Å². The Morgan fingerprint density at radius 2 is 2.19 bits per heavy atom. The molecule has 0 aliphatic rings. The van der Waals surface area contributed by atoms with Crippen LogP contribution in [-0.4, -0.2) is 16.7 Å². The van der Waals surface area contributed by atoms with Crippen molar-refractivity contribution < 1.29 is 20.2 Å². The van der Waals surface area contributed by atoms with Crippen LogP contribution in [0.3, 0.4) is 0 Å². The number of nitrogens with one attached hydrogen (secondary N) is 1. The molecule has 0 saturated carbocycles. The predicted octanol–water partition coefficient (Wildman–Crippen LogP) is 3.15. The Bertz CT molecular complexity index is 642. The van der Waals surface area contributed by atoms with E-state index in [4.69, 9.17) is 26.7 Å². The Hall–Kier alpha value is -0.570. The summed E-state index contributed by atoms with van der Waals surface area (Å²) in [5.74, 6) is 0. The van der Waals surface area contributed by atoms with Crippen LogP contribution < -0.4 is 5.32 Å². The molecule has 1 rings (SSSR count). The lowest BCUT2D eigenvalue weighted by Crippen LogP contribution is -2.44. The van der Waals surface area contributed by atoms with Gasteiger partial charge < -0.3 is 10.4 Å². The van der Waals surface area contributed by atoms with E-state index in [1.165, 1.54) is 18.2 Å². The largest absolute Gasteiger partial charge is 0.387 e. The molecule has 0 bridgehead atoms. The first kappa shape index (κ1) is 4.60. The van der Waals surface area contributed by atoms with Gasteiger partial charge in [-0.2, -0.15) is 0 Å². The molecule has 0 amide bonds. The lowest BCUT2D eigenvalue weighted by molar-refractivity contribution is 0.121. The molecular weight excluding hydrogens is 222 g/mol. The van der Waals surface area contributed by atoms with Crippen molar-refractivity contribution in [3.8, 4) is 0 Å². The molecule has 2 atom stereocenters. The standard InChI is InChI=1S/C13H20ClNO/c1-9(15-13(2,3)4)12(16)10-6-5-7-11(14)8-10/h5-9,12,15-16H,1-4H3/i2D3,3D3,4D3,9D,12D. The summed E-state index contributed by atoms with van der Waals surface area (Å²) in [6, 6.07) is 2.36. The quantitative estimate of drug-likeness (QED) is 0.866. The van der Waals surface area contributed by atoms with E-state index < -0.39 is 38.2 Å². The van der Waals surface area contributed by atoms with Crippen molar-refractivity contribution in [2.75, 3.05) is 0 Å². The first-order chi connectivity index (χ1) is 11.7. The average Bonchev–Trinajstić information content (AvgIpc) is 2.40. The van der Waals surface area contributed by atoms with E-state index in [9.17, 15) is 5.11 Å². The molecule has 2 unspecified atom stereocenters. The molecule has 0 aliphatic heterocycles. The van der Waals surface area contributed by atoms with Gasteiger partial charge in [-0.05, 0) is 45.2 Å². The lowest BCUT2D eigenvalue weighted by atomic mass is 10.00. The van der Waals surface area contributed by atoms with Crippen LogP contribution in [0, 0.1) is 0 Å². The highest BCUT2D eigenvalue weighted by atomic mass is 35.5. The van der Waals surface area contributed by atoms with E-state index in [1.807, 2.05) is 0 Å². The number of aliphatic hydroxyl groups is 1. The summed E-state index contributed by atoms with van der Waals surface area (Å²) in [4.78, 5) is 0. The van der Waals surface area contributed by atoms with Gasteiger partial charge in [-0.25, -0.2) is 0 Å². The number of hydrogen-bond donors (Lipinski definition) is 2. The fourth-order valence-corrected chi connectivity index (χ4v) is 1.38.